The third kappa shape index (κ3) is 250. The van der Waals surface area contributed by atoms with Crippen molar-refractivity contribution < 1.29 is 25.2 Å². The van der Waals surface area contributed by atoms with Gasteiger partial charge in [-0.25, -0.2) is 0 Å². The Kier molecular flexibility index (Phi) is 81.6. The summed E-state index contributed by atoms with van der Waals surface area (Å²) < 4.78 is 4.83. The fraction of sp³-hybridized carbons (Fsp3) is 0.733. The average molecular weight is 296 g/mol. The number of rotatable bonds is 4. The van der Waals surface area contributed by atoms with E-state index in [0.29, 0.717) is 0 Å². The lowest BCUT2D eigenvalue weighted by atomic mass is 10.5. The minimum Gasteiger partial charge on any atom is -0.394 e. The lowest BCUT2D eigenvalue weighted by molar-refractivity contribution is 0.110. The zero-order valence-corrected chi connectivity index (χ0v) is 13.9. The van der Waals surface area contributed by atoms with Gasteiger partial charge in [0.1, 0.15) is 0 Å². The molecule has 0 aliphatic rings. The van der Waals surface area contributed by atoms with Gasteiger partial charge in [-0.1, -0.05) is 12.2 Å². The van der Waals surface area contributed by atoms with Gasteiger partial charge in [0.05, 0.1) is 25.9 Å². The molecule has 126 valence electrons. The Morgan fingerprint density at radius 2 is 1.15 bits per heavy atom. The Balaban J connectivity index is -0.0000000478. The molecule has 0 amide bonds. The molecule has 0 spiro atoms. The first-order valence-electron chi connectivity index (χ1n) is 6.66. The van der Waals surface area contributed by atoms with Crippen LogP contribution in [-0.2, 0) is 4.74 Å². The van der Waals surface area contributed by atoms with E-state index in [0.717, 1.165) is 13.2 Å². The van der Waals surface area contributed by atoms with Crippen molar-refractivity contribution in [2.75, 3.05) is 33.0 Å². The van der Waals surface area contributed by atoms with Crippen LogP contribution in [0.5, 0.6) is 0 Å². The van der Waals surface area contributed by atoms with Gasteiger partial charge in [-0.05, 0) is 34.6 Å². The van der Waals surface area contributed by atoms with E-state index in [1.807, 2.05) is 27.7 Å². The summed E-state index contributed by atoms with van der Waals surface area (Å²) in [7, 11) is 0. The number of ether oxygens (including phenoxy) is 1. The summed E-state index contributed by atoms with van der Waals surface area (Å²) >= 11 is 0. The molecule has 0 rings (SSSR count). The fourth-order valence-electron chi connectivity index (χ4n) is 0.204. The minimum absolute atomic E-state index is 0.125. The Morgan fingerprint density at radius 1 is 0.950 bits per heavy atom. The smallest absolute Gasteiger partial charge is 0.0742 e. The van der Waals surface area contributed by atoms with E-state index < -0.39 is 6.10 Å². The second-order valence-corrected chi connectivity index (χ2v) is 3.08. The zero-order valence-electron chi connectivity index (χ0n) is 13.9. The molecule has 5 nitrogen and oxygen atoms in total. The molecule has 4 N–H and O–H groups in total. The Labute approximate surface area is 125 Å². The first-order valence-corrected chi connectivity index (χ1v) is 6.66. The van der Waals surface area contributed by atoms with Crippen LogP contribution in [-0.4, -0.2) is 59.6 Å². The molecule has 0 fully saturated rings. The van der Waals surface area contributed by atoms with E-state index in [1.165, 1.54) is 6.92 Å². The van der Waals surface area contributed by atoms with Gasteiger partial charge >= 0.3 is 0 Å². The first kappa shape index (κ1) is 31.6. The van der Waals surface area contributed by atoms with Crippen molar-refractivity contribution in [1.29, 1.82) is 0 Å². The second-order valence-electron chi connectivity index (χ2n) is 3.08. The minimum atomic E-state index is -0.560. The highest BCUT2D eigenvalue weighted by atomic mass is 16.5. The lowest BCUT2D eigenvalue weighted by Gasteiger charge is -1.90. The molecule has 0 aromatic carbocycles. The summed E-state index contributed by atoms with van der Waals surface area (Å²) in [6, 6.07) is 0. The van der Waals surface area contributed by atoms with Crippen molar-refractivity contribution in [2.45, 2.75) is 40.7 Å². The summed E-state index contributed by atoms with van der Waals surface area (Å²) in [5.74, 6) is 0. The van der Waals surface area contributed by atoms with E-state index >= 15 is 0 Å². The van der Waals surface area contributed by atoms with Crippen LogP contribution in [0.25, 0.3) is 0 Å². The quantitative estimate of drug-likeness (QED) is 0.594. The van der Waals surface area contributed by atoms with Crippen molar-refractivity contribution in [3.8, 4) is 0 Å². The predicted octanol–water partition coefficient (Wildman–Crippen LogP) is 1.76. The van der Waals surface area contributed by atoms with Gasteiger partial charge in [0.2, 0.25) is 0 Å². The summed E-state index contributed by atoms with van der Waals surface area (Å²) in [5, 5.41) is 31.3. The van der Waals surface area contributed by atoms with E-state index in [2.05, 4.69) is 13.2 Å². The first-order chi connectivity index (χ1) is 9.43. The lowest BCUT2D eigenvalue weighted by Crippen LogP contribution is -2.03. The van der Waals surface area contributed by atoms with Crippen LogP contribution in [0.1, 0.15) is 34.6 Å². The molecule has 0 saturated carbocycles. The number of aliphatic hydroxyl groups excluding tert-OH is 4. The van der Waals surface area contributed by atoms with Crippen LogP contribution in [0, 0.1) is 0 Å². The highest BCUT2D eigenvalue weighted by molar-refractivity contribution is 4.51. The third-order valence-electron chi connectivity index (χ3n) is 0.772. The van der Waals surface area contributed by atoms with E-state index in [-0.39, 0.29) is 19.8 Å². The maximum Gasteiger partial charge on any atom is 0.0742 e. The van der Waals surface area contributed by atoms with Crippen molar-refractivity contribution in [3.05, 3.63) is 25.3 Å². The standard InChI is InChI=1S/C4H10O.C3H8O2.2C3H6.C2H6O2/c1-3-5-4-2;1-3(5)2-4;2*1-3-2;3-1-2-4/h3-4H2,1-2H3;3-5H,2H2,1H3;2*3H,1H2,2H3;3-4H,1-2H2. The Morgan fingerprint density at radius 3 is 1.15 bits per heavy atom. The molecule has 0 aromatic heterocycles. The highest BCUT2D eigenvalue weighted by Gasteiger charge is 1.83. The largest absolute Gasteiger partial charge is 0.394 e. The third-order valence-corrected chi connectivity index (χ3v) is 0.772. The molecule has 1 atom stereocenters. The Hall–Kier alpha value is -0.720. The van der Waals surface area contributed by atoms with Crippen LogP contribution in [0.15, 0.2) is 25.3 Å². The van der Waals surface area contributed by atoms with Gasteiger partial charge in [-0.3, -0.25) is 0 Å². The Bertz CT molecular complexity index is 117. The number of hydrogen-bond acceptors (Lipinski definition) is 5. The van der Waals surface area contributed by atoms with Gasteiger partial charge in [-0.2, -0.15) is 0 Å². The fourth-order valence-corrected chi connectivity index (χ4v) is 0.204. The normalized spacial score (nSPS) is 8.65. The molecule has 0 aromatic rings. The predicted molar refractivity (Wildman–Crippen MR) is 86.8 cm³/mol. The van der Waals surface area contributed by atoms with Gasteiger partial charge < -0.3 is 25.2 Å². The zero-order chi connectivity index (χ0) is 17.2. The molecule has 5 heteroatoms. The van der Waals surface area contributed by atoms with Crippen LogP contribution in [0.4, 0.5) is 0 Å². The molecule has 0 heterocycles. The molecule has 0 bridgehead atoms. The van der Waals surface area contributed by atoms with E-state index in [4.69, 9.17) is 25.2 Å². The number of aliphatic hydroxyl groups is 4. The van der Waals surface area contributed by atoms with Gasteiger partial charge in [0, 0.05) is 13.2 Å². The molecule has 0 radical (unpaired) electrons. The van der Waals surface area contributed by atoms with Crippen molar-refractivity contribution >= 4 is 0 Å². The van der Waals surface area contributed by atoms with Crippen molar-refractivity contribution in [3.63, 3.8) is 0 Å². The van der Waals surface area contributed by atoms with Gasteiger partial charge in [-0.15, -0.1) is 13.2 Å². The van der Waals surface area contributed by atoms with Crippen LogP contribution >= 0.6 is 0 Å². The molecule has 0 saturated heterocycles. The summed E-state index contributed by atoms with van der Waals surface area (Å²) in [6.07, 6.45) is 2.94. The molecular weight excluding hydrogens is 260 g/mol. The van der Waals surface area contributed by atoms with Crippen molar-refractivity contribution in [2.24, 2.45) is 0 Å². The van der Waals surface area contributed by atoms with E-state index in [9.17, 15) is 0 Å². The molecule has 0 aliphatic carbocycles. The number of allylic oxidation sites excluding steroid dienone is 2. The average Bonchev–Trinajstić information content (AvgIpc) is 2.42. The van der Waals surface area contributed by atoms with E-state index in [1.54, 1.807) is 12.2 Å². The summed E-state index contributed by atoms with van der Waals surface area (Å²) in [4.78, 5) is 0. The topological polar surface area (TPSA) is 90.2 Å². The molecule has 20 heavy (non-hydrogen) atoms. The molecule has 0 aliphatic heterocycles. The van der Waals surface area contributed by atoms with Gasteiger partial charge in [0.15, 0.2) is 0 Å². The summed E-state index contributed by atoms with van der Waals surface area (Å²) in [6.45, 7) is 17.3. The number of hydrogen-bond donors (Lipinski definition) is 4. The second kappa shape index (κ2) is 51.7. The van der Waals surface area contributed by atoms with Crippen LogP contribution in [0.3, 0.4) is 0 Å². The van der Waals surface area contributed by atoms with Gasteiger partial charge in [0.25, 0.3) is 0 Å². The highest BCUT2D eigenvalue weighted by Crippen LogP contribution is 1.68. The van der Waals surface area contributed by atoms with Crippen LogP contribution < -0.4 is 0 Å². The SMILES string of the molecule is C=CC.C=CC.CC(O)CO.CCOCC.OCCO. The maximum atomic E-state index is 8.11. The maximum absolute atomic E-state index is 8.11. The molecular formula is C15H36O5. The van der Waals surface area contributed by atoms with Crippen molar-refractivity contribution in [1.82, 2.24) is 0 Å². The van der Waals surface area contributed by atoms with Crippen LogP contribution in [0.2, 0.25) is 0 Å². The monoisotopic (exact) mass is 296 g/mol. The molecule has 1 unspecified atom stereocenters. The summed E-state index contributed by atoms with van der Waals surface area (Å²) in [5.41, 5.74) is 0.